The SMILES string of the molecule is CC(Cc1cccc(N)c1)CS(=O)(=O)O. The fourth-order valence-corrected chi connectivity index (χ4v) is 2.38. The highest BCUT2D eigenvalue weighted by molar-refractivity contribution is 7.85. The maximum Gasteiger partial charge on any atom is 0.265 e. The summed E-state index contributed by atoms with van der Waals surface area (Å²) < 4.78 is 29.9. The smallest absolute Gasteiger partial charge is 0.265 e. The topological polar surface area (TPSA) is 80.4 Å². The second kappa shape index (κ2) is 4.63. The van der Waals surface area contributed by atoms with Crippen LogP contribution in [0.4, 0.5) is 5.69 Å². The van der Waals surface area contributed by atoms with Crippen molar-refractivity contribution >= 4 is 15.8 Å². The van der Waals surface area contributed by atoms with E-state index < -0.39 is 10.1 Å². The van der Waals surface area contributed by atoms with E-state index in [1.807, 2.05) is 12.1 Å². The largest absolute Gasteiger partial charge is 0.399 e. The van der Waals surface area contributed by atoms with Crippen molar-refractivity contribution in [1.29, 1.82) is 0 Å². The molecular weight excluding hydrogens is 214 g/mol. The quantitative estimate of drug-likeness (QED) is 0.603. The van der Waals surface area contributed by atoms with Crippen LogP contribution in [0.1, 0.15) is 12.5 Å². The van der Waals surface area contributed by atoms with Gasteiger partial charge in [0.25, 0.3) is 10.1 Å². The second-order valence-electron chi connectivity index (χ2n) is 3.80. The minimum Gasteiger partial charge on any atom is -0.399 e. The van der Waals surface area contributed by atoms with Crippen molar-refractivity contribution in [1.82, 2.24) is 0 Å². The van der Waals surface area contributed by atoms with Crippen molar-refractivity contribution in [3.05, 3.63) is 29.8 Å². The van der Waals surface area contributed by atoms with Crippen LogP contribution in [0.2, 0.25) is 0 Å². The molecule has 0 radical (unpaired) electrons. The summed E-state index contributed by atoms with van der Waals surface area (Å²) in [7, 11) is -3.88. The lowest BCUT2D eigenvalue weighted by Crippen LogP contribution is -2.14. The third kappa shape index (κ3) is 4.80. The minimum atomic E-state index is -3.88. The van der Waals surface area contributed by atoms with E-state index in [-0.39, 0.29) is 11.7 Å². The molecule has 1 unspecified atom stereocenters. The molecule has 0 saturated heterocycles. The molecule has 5 heteroatoms. The van der Waals surface area contributed by atoms with E-state index in [1.165, 1.54) is 0 Å². The maximum atomic E-state index is 10.6. The molecule has 0 amide bonds. The van der Waals surface area contributed by atoms with Crippen LogP contribution in [0.15, 0.2) is 24.3 Å². The molecule has 0 aromatic heterocycles. The van der Waals surface area contributed by atoms with Gasteiger partial charge in [-0.05, 0) is 30.0 Å². The Morgan fingerprint density at radius 3 is 2.67 bits per heavy atom. The number of anilines is 1. The normalized spacial score (nSPS) is 13.7. The Bertz CT molecular complexity index is 428. The van der Waals surface area contributed by atoms with Gasteiger partial charge in [0.15, 0.2) is 0 Å². The number of hydrogen-bond acceptors (Lipinski definition) is 3. The first-order valence-electron chi connectivity index (χ1n) is 4.66. The molecule has 0 bridgehead atoms. The van der Waals surface area contributed by atoms with Gasteiger partial charge in [-0.3, -0.25) is 4.55 Å². The number of nitrogen functional groups attached to an aromatic ring is 1. The van der Waals surface area contributed by atoms with Crippen LogP contribution in [0.5, 0.6) is 0 Å². The van der Waals surface area contributed by atoms with Gasteiger partial charge in [0.05, 0.1) is 5.75 Å². The predicted octanol–water partition coefficient (Wildman–Crippen LogP) is 1.34. The highest BCUT2D eigenvalue weighted by Gasteiger charge is 2.12. The summed E-state index contributed by atoms with van der Waals surface area (Å²) in [6.07, 6.45) is 0.588. The summed E-state index contributed by atoms with van der Waals surface area (Å²) in [5, 5.41) is 0. The Kier molecular flexibility index (Phi) is 3.71. The Labute approximate surface area is 89.9 Å². The molecule has 3 N–H and O–H groups in total. The molecule has 0 fully saturated rings. The lowest BCUT2D eigenvalue weighted by atomic mass is 10.0. The van der Waals surface area contributed by atoms with Crippen molar-refractivity contribution in [2.24, 2.45) is 5.92 Å². The molecule has 0 saturated carbocycles. The molecule has 0 heterocycles. The third-order valence-electron chi connectivity index (χ3n) is 2.03. The summed E-state index contributed by atoms with van der Waals surface area (Å²) in [4.78, 5) is 0. The summed E-state index contributed by atoms with van der Waals surface area (Å²) in [6.45, 7) is 1.77. The van der Waals surface area contributed by atoms with Crippen LogP contribution in [0.25, 0.3) is 0 Å². The molecular formula is C10H15NO3S. The van der Waals surface area contributed by atoms with Gasteiger partial charge in [0.2, 0.25) is 0 Å². The molecule has 84 valence electrons. The van der Waals surface area contributed by atoms with E-state index in [1.54, 1.807) is 19.1 Å². The Balaban J connectivity index is 2.63. The Morgan fingerprint density at radius 1 is 1.47 bits per heavy atom. The van der Waals surface area contributed by atoms with Crippen molar-refractivity contribution < 1.29 is 13.0 Å². The van der Waals surface area contributed by atoms with E-state index >= 15 is 0 Å². The molecule has 15 heavy (non-hydrogen) atoms. The average molecular weight is 229 g/mol. The number of benzene rings is 1. The molecule has 1 atom stereocenters. The van der Waals surface area contributed by atoms with E-state index in [0.717, 1.165) is 5.56 Å². The van der Waals surface area contributed by atoms with Gasteiger partial charge >= 0.3 is 0 Å². The van der Waals surface area contributed by atoms with Gasteiger partial charge in [0.1, 0.15) is 0 Å². The fraction of sp³-hybridized carbons (Fsp3) is 0.400. The number of nitrogens with two attached hydrogens (primary N) is 1. The average Bonchev–Trinajstić information content (AvgIpc) is 1.99. The van der Waals surface area contributed by atoms with Crippen LogP contribution in [0.3, 0.4) is 0 Å². The van der Waals surface area contributed by atoms with Crippen LogP contribution in [-0.2, 0) is 16.5 Å². The summed E-state index contributed by atoms with van der Waals surface area (Å²) in [5.74, 6) is -0.344. The maximum absolute atomic E-state index is 10.6. The zero-order valence-corrected chi connectivity index (χ0v) is 9.37. The van der Waals surface area contributed by atoms with Gasteiger partial charge in [-0.2, -0.15) is 8.42 Å². The monoisotopic (exact) mass is 229 g/mol. The second-order valence-corrected chi connectivity index (χ2v) is 5.30. The molecule has 1 aromatic rings. The fourth-order valence-electron chi connectivity index (χ4n) is 1.54. The van der Waals surface area contributed by atoms with Crippen LogP contribution >= 0.6 is 0 Å². The zero-order chi connectivity index (χ0) is 11.5. The molecule has 0 spiro atoms. The lowest BCUT2D eigenvalue weighted by Gasteiger charge is -2.09. The highest BCUT2D eigenvalue weighted by atomic mass is 32.2. The summed E-state index contributed by atoms with van der Waals surface area (Å²) in [6, 6.07) is 7.29. The molecule has 1 rings (SSSR count). The van der Waals surface area contributed by atoms with Gasteiger partial charge in [0, 0.05) is 5.69 Å². The van der Waals surface area contributed by atoms with Crippen molar-refractivity contribution in [3.8, 4) is 0 Å². The van der Waals surface area contributed by atoms with E-state index in [9.17, 15) is 8.42 Å². The van der Waals surface area contributed by atoms with Gasteiger partial charge in [-0.1, -0.05) is 19.1 Å². The van der Waals surface area contributed by atoms with Gasteiger partial charge in [-0.15, -0.1) is 0 Å². The number of rotatable bonds is 4. The Morgan fingerprint density at radius 2 is 2.13 bits per heavy atom. The first kappa shape index (κ1) is 12.0. The highest BCUT2D eigenvalue weighted by Crippen LogP contribution is 2.13. The van der Waals surface area contributed by atoms with Crippen LogP contribution in [-0.4, -0.2) is 18.7 Å². The van der Waals surface area contributed by atoms with Crippen molar-refractivity contribution in [2.45, 2.75) is 13.3 Å². The summed E-state index contributed by atoms with van der Waals surface area (Å²) >= 11 is 0. The number of hydrogen-bond donors (Lipinski definition) is 2. The van der Waals surface area contributed by atoms with Crippen molar-refractivity contribution in [3.63, 3.8) is 0 Å². The van der Waals surface area contributed by atoms with Gasteiger partial charge in [-0.25, -0.2) is 0 Å². The molecule has 4 nitrogen and oxygen atoms in total. The van der Waals surface area contributed by atoms with Crippen LogP contribution in [0, 0.1) is 5.92 Å². The third-order valence-corrected chi connectivity index (χ3v) is 3.02. The minimum absolute atomic E-state index is 0.123. The van der Waals surface area contributed by atoms with E-state index in [0.29, 0.717) is 12.1 Å². The molecule has 1 aromatic carbocycles. The Hall–Kier alpha value is -1.07. The van der Waals surface area contributed by atoms with Crippen molar-refractivity contribution in [2.75, 3.05) is 11.5 Å². The first-order valence-corrected chi connectivity index (χ1v) is 6.27. The van der Waals surface area contributed by atoms with Gasteiger partial charge < -0.3 is 5.73 Å². The molecule has 0 aliphatic heterocycles. The lowest BCUT2D eigenvalue weighted by molar-refractivity contribution is 0.469. The van der Waals surface area contributed by atoms with Crippen LogP contribution < -0.4 is 5.73 Å². The zero-order valence-electron chi connectivity index (χ0n) is 8.55. The first-order chi connectivity index (χ1) is 6.87. The molecule has 0 aliphatic rings. The standard InChI is InChI=1S/C10H15NO3S/c1-8(7-15(12,13)14)5-9-3-2-4-10(11)6-9/h2-4,6,8H,5,7,11H2,1H3,(H,12,13,14). The molecule has 0 aliphatic carbocycles. The van der Waals surface area contributed by atoms with E-state index in [4.69, 9.17) is 10.3 Å². The predicted molar refractivity (Wildman–Crippen MR) is 60.1 cm³/mol. The van der Waals surface area contributed by atoms with E-state index in [2.05, 4.69) is 0 Å². The summed E-state index contributed by atoms with van der Waals surface area (Å²) in [5.41, 5.74) is 7.23.